The second-order valence-corrected chi connectivity index (χ2v) is 8.09. The summed E-state index contributed by atoms with van der Waals surface area (Å²) >= 11 is 1.70. The first-order chi connectivity index (χ1) is 10.6. The maximum Gasteiger partial charge on any atom is 0.236 e. The van der Waals surface area contributed by atoms with Crippen molar-refractivity contribution >= 4 is 27.4 Å². The van der Waals surface area contributed by atoms with Crippen LogP contribution in [0.3, 0.4) is 0 Å². The number of nitrogens with zero attached hydrogens (tertiary/aromatic N) is 1. The first kappa shape index (κ1) is 15.5. The van der Waals surface area contributed by atoms with Crippen LogP contribution in [0.15, 0.2) is 52.6 Å². The Hall–Kier alpha value is -1.43. The van der Waals surface area contributed by atoms with Gasteiger partial charge in [0, 0.05) is 18.5 Å². The summed E-state index contributed by atoms with van der Waals surface area (Å²) in [5.41, 5.74) is 2.25. The van der Waals surface area contributed by atoms with E-state index in [4.69, 9.17) is 0 Å². The lowest BCUT2D eigenvalue weighted by Crippen LogP contribution is -2.36. The molecule has 0 unspecified atom stereocenters. The highest BCUT2D eigenvalue weighted by Gasteiger charge is 2.27. The molecule has 1 aliphatic heterocycles. The third-order valence-electron chi connectivity index (χ3n) is 4.06. The first-order valence-corrected chi connectivity index (χ1v) is 9.85. The third-order valence-corrected chi connectivity index (χ3v) is 6.33. The lowest BCUT2D eigenvalue weighted by molar-refractivity contribution is 0.323. The van der Waals surface area contributed by atoms with Crippen molar-refractivity contribution in [3.8, 4) is 0 Å². The molecule has 2 aromatic rings. The standard InChI is InChI=1S/C17H19NO2S2/c19-22(20,13-9-15-4-2-1-3-5-15)18-10-6-16(7-11-18)17-8-12-21-14-17/h1-5,8-9,12-14,16H,6-7,10-11H2. The Morgan fingerprint density at radius 2 is 1.82 bits per heavy atom. The van der Waals surface area contributed by atoms with Gasteiger partial charge in [-0.2, -0.15) is 15.6 Å². The Balaban J connectivity index is 1.63. The predicted octanol–water partition coefficient (Wildman–Crippen LogP) is 3.93. The van der Waals surface area contributed by atoms with E-state index in [1.165, 1.54) is 11.0 Å². The van der Waals surface area contributed by atoms with Crippen molar-refractivity contribution < 1.29 is 8.42 Å². The zero-order valence-corrected chi connectivity index (χ0v) is 13.9. The minimum Gasteiger partial charge on any atom is -0.208 e. The van der Waals surface area contributed by atoms with E-state index in [1.54, 1.807) is 21.7 Å². The molecule has 1 aliphatic rings. The van der Waals surface area contributed by atoms with Gasteiger partial charge in [0.05, 0.1) is 0 Å². The highest BCUT2D eigenvalue weighted by atomic mass is 32.2. The monoisotopic (exact) mass is 333 g/mol. The fraction of sp³-hybridized carbons (Fsp3) is 0.294. The van der Waals surface area contributed by atoms with Gasteiger partial charge < -0.3 is 0 Å². The molecule has 0 atom stereocenters. The number of hydrogen-bond acceptors (Lipinski definition) is 3. The van der Waals surface area contributed by atoms with Crippen molar-refractivity contribution in [1.29, 1.82) is 0 Å². The van der Waals surface area contributed by atoms with E-state index < -0.39 is 10.0 Å². The summed E-state index contributed by atoms with van der Waals surface area (Å²) < 4.78 is 26.4. The van der Waals surface area contributed by atoms with Crippen molar-refractivity contribution in [2.75, 3.05) is 13.1 Å². The van der Waals surface area contributed by atoms with Crippen LogP contribution in [0.4, 0.5) is 0 Å². The average Bonchev–Trinajstić information content (AvgIpc) is 3.09. The average molecular weight is 333 g/mol. The number of piperidine rings is 1. The van der Waals surface area contributed by atoms with Crippen LogP contribution in [-0.2, 0) is 10.0 Å². The molecule has 3 nitrogen and oxygen atoms in total. The molecule has 2 heterocycles. The molecule has 0 saturated carbocycles. The maximum absolute atomic E-state index is 12.4. The second-order valence-electron chi connectivity index (χ2n) is 5.49. The van der Waals surface area contributed by atoms with Gasteiger partial charge in [-0.1, -0.05) is 30.3 Å². The van der Waals surface area contributed by atoms with E-state index in [0.717, 1.165) is 18.4 Å². The summed E-state index contributed by atoms with van der Waals surface area (Å²) in [6.07, 6.45) is 3.46. The summed E-state index contributed by atoms with van der Waals surface area (Å²) in [5.74, 6) is 0.496. The summed E-state index contributed by atoms with van der Waals surface area (Å²) in [7, 11) is -3.32. The fourth-order valence-corrected chi connectivity index (χ4v) is 4.73. The zero-order valence-electron chi connectivity index (χ0n) is 12.3. The van der Waals surface area contributed by atoms with E-state index in [2.05, 4.69) is 16.8 Å². The van der Waals surface area contributed by atoms with Crippen LogP contribution >= 0.6 is 11.3 Å². The molecular weight excluding hydrogens is 314 g/mol. The van der Waals surface area contributed by atoms with Gasteiger partial charge in [-0.15, -0.1) is 0 Å². The normalized spacial score (nSPS) is 18.0. The Labute approximate surface area is 136 Å². The van der Waals surface area contributed by atoms with Gasteiger partial charge in [0.1, 0.15) is 0 Å². The molecule has 1 saturated heterocycles. The number of sulfonamides is 1. The van der Waals surface area contributed by atoms with Crippen molar-refractivity contribution in [2.45, 2.75) is 18.8 Å². The van der Waals surface area contributed by atoms with Crippen LogP contribution in [-0.4, -0.2) is 25.8 Å². The molecule has 0 N–H and O–H groups in total. The fourth-order valence-electron chi connectivity index (χ4n) is 2.77. The minimum absolute atomic E-state index is 0.496. The summed E-state index contributed by atoms with van der Waals surface area (Å²) in [4.78, 5) is 0. The van der Waals surface area contributed by atoms with Crippen LogP contribution < -0.4 is 0 Å². The van der Waals surface area contributed by atoms with Crippen molar-refractivity contribution in [3.63, 3.8) is 0 Å². The Kier molecular flexibility index (Phi) is 4.76. The molecule has 116 valence electrons. The molecule has 22 heavy (non-hydrogen) atoms. The SMILES string of the molecule is O=S(=O)(C=Cc1ccccc1)N1CCC(c2ccsc2)CC1. The van der Waals surface area contributed by atoms with Crippen molar-refractivity contribution in [2.24, 2.45) is 0 Å². The lowest BCUT2D eigenvalue weighted by Gasteiger charge is -2.30. The van der Waals surface area contributed by atoms with Crippen LogP contribution in [0.2, 0.25) is 0 Å². The van der Waals surface area contributed by atoms with E-state index in [1.807, 2.05) is 30.3 Å². The van der Waals surface area contributed by atoms with Gasteiger partial charge in [0.25, 0.3) is 0 Å². The predicted molar refractivity (Wildman–Crippen MR) is 92.3 cm³/mol. The number of hydrogen-bond donors (Lipinski definition) is 0. The zero-order chi connectivity index (χ0) is 15.4. The molecule has 0 spiro atoms. The molecule has 0 aliphatic carbocycles. The lowest BCUT2D eigenvalue weighted by atomic mass is 9.92. The van der Waals surface area contributed by atoms with Gasteiger partial charge in [0.15, 0.2) is 0 Å². The van der Waals surface area contributed by atoms with Crippen LogP contribution in [0, 0.1) is 0 Å². The first-order valence-electron chi connectivity index (χ1n) is 7.40. The van der Waals surface area contributed by atoms with Gasteiger partial charge in [-0.05, 0) is 52.8 Å². The molecule has 1 fully saturated rings. The van der Waals surface area contributed by atoms with Crippen molar-refractivity contribution in [1.82, 2.24) is 4.31 Å². The van der Waals surface area contributed by atoms with Gasteiger partial charge in [-0.3, -0.25) is 0 Å². The van der Waals surface area contributed by atoms with Gasteiger partial charge in [-0.25, -0.2) is 8.42 Å². The van der Waals surface area contributed by atoms with Crippen molar-refractivity contribution in [3.05, 3.63) is 63.7 Å². The topological polar surface area (TPSA) is 37.4 Å². The minimum atomic E-state index is -3.32. The Morgan fingerprint density at radius 1 is 1.09 bits per heavy atom. The van der Waals surface area contributed by atoms with E-state index in [9.17, 15) is 8.42 Å². The number of thiophene rings is 1. The van der Waals surface area contributed by atoms with E-state index in [0.29, 0.717) is 19.0 Å². The Bertz CT molecular complexity index is 713. The summed E-state index contributed by atoms with van der Waals surface area (Å²) in [6.45, 7) is 1.20. The third kappa shape index (κ3) is 3.66. The molecule has 0 radical (unpaired) electrons. The summed E-state index contributed by atoms with van der Waals surface area (Å²) in [5, 5.41) is 5.58. The molecule has 1 aromatic carbocycles. The molecule has 1 aromatic heterocycles. The summed E-state index contributed by atoms with van der Waals surface area (Å²) in [6, 6.07) is 11.7. The molecular formula is C17H19NO2S2. The molecule has 3 rings (SSSR count). The highest BCUT2D eigenvalue weighted by Crippen LogP contribution is 2.30. The van der Waals surface area contributed by atoms with Gasteiger partial charge in [0.2, 0.25) is 10.0 Å². The number of rotatable bonds is 4. The molecule has 0 bridgehead atoms. The van der Waals surface area contributed by atoms with Crippen LogP contribution in [0.1, 0.15) is 29.9 Å². The highest BCUT2D eigenvalue weighted by molar-refractivity contribution is 7.92. The van der Waals surface area contributed by atoms with Crippen LogP contribution in [0.5, 0.6) is 0 Å². The molecule has 0 amide bonds. The quantitative estimate of drug-likeness (QED) is 0.850. The van der Waals surface area contributed by atoms with E-state index in [-0.39, 0.29) is 0 Å². The Morgan fingerprint density at radius 3 is 2.45 bits per heavy atom. The smallest absolute Gasteiger partial charge is 0.208 e. The van der Waals surface area contributed by atoms with Gasteiger partial charge >= 0.3 is 0 Å². The van der Waals surface area contributed by atoms with Crippen LogP contribution in [0.25, 0.3) is 6.08 Å². The maximum atomic E-state index is 12.4. The van der Waals surface area contributed by atoms with E-state index >= 15 is 0 Å². The number of benzene rings is 1. The largest absolute Gasteiger partial charge is 0.236 e. The molecule has 5 heteroatoms. The second kappa shape index (κ2) is 6.77.